The molecule has 0 aromatic carbocycles. The van der Waals surface area contributed by atoms with Gasteiger partial charge >= 0.3 is 0 Å². The summed E-state index contributed by atoms with van der Waals surface area (Å²) >= 11 is 0. The van der Waals surface area contributed by atoms with Crippen LogP contribution in [0.3, 0.4) is 0 Å². The maximum absolute atomic E-state index is 11.6. The first-order chi connectivity index (χ1) is 14.7. The Morgan fingerprint density at radius 1 is 1.00 bits per heavy atom. The van der Waals surface area contributed by atoms with Gasteiger partial charge in [-0.1, -0.05) is 18.2 Å². The lowest BCUT2D eigenvalue weighted by molar-refractivity contribution is -0.114. The molecule has 0 radical (unpaired) electrons. The number of aromatic nitrogens is 3. The molecule has 7 nitrogen and oxygen atoms in total. The van der Waals surface area contributed by atoms with Crippen LogP contribution in [0.5, 0.6) is 0 Å². The van der Waals surface area contributed by atoms with Crippen LogP contribution in [0.25, 0.3) is 0 Å². The van der Waals surface area contributed by atoms with E-state index >= 15 is 0 Å². The third-order valence-corrected chi connectivity index (χ3v) is 5.22. The number of pyridine rings is 3. The van der Waals surface area contributed by atoms with Crippen molar-refractivity contribution in [3.05, 3.63) is 84.1 Å². The Balaban J connectivity index is 1.83. The smallest absolute Gasteiger partial charge is 0.222 e. The summed E-state index contributed by atoms with van der Waals surface area (Å²) in [5.41, 5.74) is 3.07. The van der Waals surface area contributed by atoms with E-state index < -0.39 is 0 Å². The molecule has 1 aliphatic heterocycles. The summed E-state index contributed by atoms with van der Waals surface area (Å²) in [6.07, 6.45) is 7.37. The minimum Gasteiger partial charge on any atom is -0.379 e. The Bertz CT molecular complexity index is 922. The van der Waals surface area contributed by atoms with Crippen molar-refractivity contribution < 1.29 is 9.53 Å². The van der Waals surface area contributed by atoms with E-state index in [9.17, 15) is 4.79 Å². The number of amides is 1. The van der Waals surface area contributed by atoms with Crippen LogP contribution in [-0.2, 0) is 9.53 Å². The summed E-state index contributed by atoms with van der Waals surface area (Å²) in [6.45, 7) is 4.44. The SMILES string of the molecule is CC(=O)Nc1cccc(C(C(c2cccnc2)c2cccnc2)N2CCOCC2)n1. The maximum atomic E-state index is 11.6. The number of nitrogens with one attached hydrogen (secondary N) is 1. The van der Waals surface area contributed by atoms with Gasteiger partial charge in [-0.05, 0) is 35.4 Å². The molecule has 1 fully saturated rings. The maximum Gasteiger partial charge on any atom is 0.222 e. The van der Waals surface area contributed by atoms with E-state index in [1.165, 1.54) is 6.92 Å². The van der Waals surface area contributed by atoms with Gasteiger partial charge in [0.2, 0.25) is 5.91 Å². The molecule has 1 N–H and O–H groups in total. The fourth-order valence-electron chi connectivity index (χ4n) is 3.97. The number of carbonyl (C=O) groups excluding carboxylic acids is 1. The largest absolute Gasteiger partial charge is 0.379 e. The molecule has 4 heterocycles. The van der Waals surface area contributed by atoms with Crippen molar-refractivity contribution in [1.29, 1.82) is 0 Å². The first-order valence-corrected chi connectivity index (χ1v) is 10.1. The third-order valence-electron chi connectivity index (χ3n) is 5.22. The Kier molecular flexibility index (Phi) is 6.41. The van der Waals surface area contributed by atoms with Gasteiger partial charge in [0.05, 0.1) is 24.9 Å². The highest BCUT2D eigenvalue weighted by Gasteiger charge is 2.34. The van der Waals surface area contributed by atoms with E-state index in [2.05, 4.69) is 32.3 Å². The van der Waals surface area contributed by atoms with Crippen LogP contribution < -0.4 is 5.32 Å². The Hall–Kier alpha value is -3.16. The fraction of sp³-hybridized carbons (Fsp3) is 0.304. The van der Waals surface area contributed by atoms with Gasteiger partial charge < -0.3 is 10.1 Å². The zero-order valence-electron chi connectivity index (χ0n) is 16.9. The van der Waals surface area contributed by atoms with Gasteiger partial charge in [-0.3, -0.25) is 19.7 Å². The summed E-state index contributed by atoms with van der Waals surface area (Å²) in [7, 11) is 0. The van der Waals surface area contributed by atoms with Crippen molar-refractivity contribution in [3.8, 4) is 0 Å². The number of morpholine rings is 1. The van der Waals surface area contributed by atoms with Gasteiger partial charge in [0.1, 0.15) is 5.82 Å². The minimum absolute atomic E-state index is 0.0226. The van der Waals surface area contributed by atoms with E-state index in [0.717, 1.165) is 29.9 Å². The van der Waals surface area contributed by atoms with Crippen LogP contribution in [0.15, 0.2) is 67.3 Å². The highest BCUT2D eigenvalue weighted by Crippen LogP contribution is 2.40. The molecule has 4 rings (SSSR count). The zero-order valence-corrected chi connectivity index (χ0v) is 16.9. The van der Waals surface area contributed by atoms with Crippen molar-refractivity contribution in [1.82, 2.24) is 19.9 Å². The predicted octanol–water partition coefficient (Wildman–Crippen LogP) is 3.04. The highest BCUT2D eigenvalue weighted by molar-refractivity contribution is 5.87. The first kappa shape index (κ1) is 20.1. The quantitative estimate of drug-likeness (QED) is 0.681. The molecule has 0 saturated carbocycles. The van der Waals surface area contributed by atoms with Crippen molar-refractivity contribution in [2.75, 3.05) is 31.6 Å². The number of nitrogens with zero attached hydrogens (tertiary/aromatic N) is 4. The monoisotopic (exact) mass is 403 g/mol. The van der Waals surface area contributed by atoms with E-state index in [1.54, 1.807) is 12.4 Å². The minimum atomic E-state index is -0.140. The molecular formula is C23H25N5O2. The second-order valence-corrected chi connectivity index (χ2v) is 7.27. The molecule has 1 unspecified atom stereocenters. The molecule has 1 aliphatic rings. The molecule has 0 aliphatic carbocycles. The lowest BCUT2D eigenvalue weighted by Crippen LogP contribution is -2.42. The normalized spacial score (nSPS) is 15.7. The van der Waals surface area contributed by atoms with Crippen LogP contribution >= 0.6 is 0 Å². The fourth-order valence-corrected chi connectivity index (χ4v) is 3.97. The summed E-state index contributed by atoms with van der Waals surface area (Å²) in [4.78, 5) is 27.5. The number of hydrogen-bond acceptors (Lipinski definition) is 6. The molecule has 1 amide bonds. The molecule has 154 valence electrons. The summed E-state index contributed by atoms with van der Waals surface area (Å²) in [5.74, 6) is 0.388. The molecule has 0 bridgehead atoms. The number of hydrogen-bond donors (Lipinski definition) is 1. The second kappa shape index (κ2) is 9.56. The molecule has 7 heteroatoms. The van der Waals surface area contributed by atoms with Gasteiger partial charge in [-0.25, -0.2) is 4.98 Å². The van der Waals surface area contributed by atoms with E-state index in [-0.39, 0.29) is 17.9 Å². The van der Waals surface area contributed by atoms with Crippen LogP contribution in [0.1, 0.15) is 35.7 Å². The predicted molar refractivity (Wildman–Crippen MR) is 114 cm³/mol. The molecule has 1 saturated heterocycles. The standard InChI is InChI=1S/C23H25N5O2/c1-17(29)26-21-8-2-7-20(27-21)23(28-11-13-30-14-12-28)22(18-5-3-9-24-15-18)19-6-4-10-25-16-19/h2-10,15-16,22-23H,11-14H2,1H3,(H,26,27,29). The van der Waals surface area contributed by atoms with Gasteiger partial charge in [0, 0.05) is 50.7 Å². The van der Waals surface area contributed by atoms with Crippen molar-refractivity contribution >= 4 is 11.7 Å². The van der Waals surface area contributed by atoms with Gasteiger partial charge in [-0.2, -0.15) is 0 Å². The van der Waals surface area contributed by atoms with E-state index in [4.69, 9.17) is 9.72 Å². The van der Waals surface area contributed by atoms with Gasteiger partial charge in [0.25, 0.3) is 0 Å². The lowest BCUT2D eigenvalue weighted by atomic mass is 9.83. The summed E-state index contributed by atoms with van der Waals surface area (Å²) < 4.78 is 5.61. The van der Waals surface area contributed by atoms with Crippen molar-refractivity contribution in [2.45, 2.75) is 18.9 Å². The van der Waals surface area contributed by atoms with E-state index in [0.29, 0.717) is 19.0 Å². The van der Waals surface area contributed by atoms with Crippen LogP contribution in [0, 0.1) is 0 Å². The summed E-state index contributed by atoms with van der Waals surface area (Å²) in [5, 5.41) is 2.80. The average molecular weight is 403 g/mol. The van der Waals surface area contributed by atoms with Crippen LogP contribution in [0.2, 0.25) is 0 Å². The lowest BCUT2D eigenvalue weighted by Gasteiger charge is -2.39. The molecule has 1 atom stereocenters. The number of ether oxygens (including phenoxy) is 1. The van der Waals surface area contributed by atoms with Gasteiger partial charge in [0.15, 0.2) is 0 Å². The summed E-state index contributed by atoms with van der Waals surface area (Å²) in [6, 6.07) is 13.8. The van der Waals surface area contributed by atoms with Crippen LogP contribution in [0.4, 0.5) is 5.82 Å². The Morgan fingerprint density at radius 3 is 2.23 bits per heavy atom. The Morgan fingerprint density at radius 2 is 1.67 bits per heavy atom. The number of rotatable bonds is 6. The third kappa shape index (κ3) is 4.69. The average Bonchev–Trinajstić information content (AvgIpc) is 2.79. The topological polar surface area (TPSA) is 80.2 Å². The highest BCUT2D eigenvalue weighted by atomic mass is 16.5. The van der Waals surface area contributed by atoms with E-state index in [1.807, 2.05) is 42.7 Å². The number of carbonyl (C=O) groups is 1. The van der Waals surface area contributed by atoms with Crippen molar-refractivity contribution in [2.24, 2.45) is 0 Å². The molecule has 0 spiro atoms. The Labute approximate surface area is 176 Å². The molecule has 30 heavy (non-hydrogen) atoms. The molecular weight excluding hydrogens is 378 g/mol. The zero-order chi connectivity index (χ0) is 20.8. The molecule has 3 aromatic heterocycles. The van der Waals surface area contributed by atoms with Crippen LogP contribution in [-0.4, -0.2) is 52.1 Å². The second-order valence-electron chi connectivity index (χ2n) is 7.27. The molecule has 3 aromatic rings. The first-order valence-electron chi connectivity index (χ1n) is 10.1. The van der Waals surface area contributed by atoms with Gasteiger partial charge in [-0.15, -0.1) is 0 Å². The number of anilines is 1. The van der Waals surface area contributed by atoms with Crippen molar-refractivity contribution in [3.63, 3.8) is 0 Å².